The largest absolute Gasteiger partial charge is 0.467 e. The van der Waals surface area contributed by atoms with Crippen molar-refractivity contribution in [2.75, 3.05) is 23.7 Å². The van der Waals surface area contributed by atoms with Crippen LogP contribution in [0.3, 0.4) is 0 Å². The van der Waals surface area contributed by atoms with E-state index in [0.717, 1.165) is 17.4 Å². The van der Waals surface area contributed by atoms with E-state index in [-0.39, 0.29) is 0 Å². The number of hydrogen-bond acceptors (Lipinski definition) is 6. The third-order valence-corrected chi connectivity index (χ3v) is 2.14. The molecule has 90 valence electrons. The molecule has 0 atom stereocenters. The van der Waals surface area contributed by atoms with E-state index in [1.54, 1.807) is 6.26 Å². The second kappa shape index (κ2) is 5.86. The van der Waals surface area contributed by atoms with E-state index in [2.05, 4.69) is 20.6 Å². The lowest BCUT2D eigenvalue weighted by atomic mass is 10.4. The van der Waals surface area contributed by atoms with E-state index >= 15 is 0 Å². The number of hydrogen-bond donors (Lipinski definition) is 3. The Hall–Kier alpha value is -2.08. The molecule has 2 aromatic rings. The topological polar surface area (TPSA) is 89.0 Å². The van der Waals surface area contributed by atoms with E-state index in [9.17, 15) is 0 Å². The Balaban J connectivity index is 1.91. The third kappa shape index (κ3) is 3.46. The van der Waals surface area contributed by atoms with Crippen molar-refractivity contribution < 1.29 is 4.42 Å². The SMILES string of the molecule is NCCNc1cc(NCc2ccco2)ncn1. The van der Waals surface area contributed by atoms with Gasteiger partial charge in [0, 0.05) is 19.2 Å². The average molecular weight is 233 g/mol. The minimum absolute atomic E-state index is 0.569. The van der Waals surface area contributed by atoms with Gasteiger partial charge in [-0.1, -0.05) is 0 Å². The molecule has 17 heavy (non-hydrogen) atoms. The van der Waals surface area contributed by atoms with E-state index in [0.29, 0.717) is 19.6 Å². The van der Waals surface area contributed by atoms with Crippen LogP contribution < -0.4 is 16.4 Å². The standard InChI is InChI=1S/C11H15N5O/c12-3-4-13-10-6-11(16-8-15-10)14-7-9-2-1-5-17-9/h1-2,5-6,8H,3-4,7,12H2,(H2,13,14,15,16). The van der Waals surface area contributed by atoms with Crippen molar-refractivity contribution in [3.8, 4) is 0 Å². The lowest BCUT2D eigenvalue weighted by Gasteiger charge is -2.06. The van der Waals surface area contributed by atoms with Crippen molar-refractivity contribution in [3.05, 3.63) is 36.5 Å². The molecule has 2 heterocycles. The van der Waals surface area contributed by atoms with Crippen LogP contribution >= 0.6 is 0 Å². The summed E-state index contributed by atoms with van der Waals surface area (Å²) >= 11 is 0. The first kappa shape index (κ1) is 11.4. The van der Waals surface area contributed by atoms with Gasteiger partial charge >= 0.3 is 0 Å². The summed E-state index contributed by atoms with van der Waals surface area (Å²) in [5.41, 5.74) is 5.40. The minimum atomic E-state index is 0.569. The maximum absolute atomic E-state index is 5.40. The summed E-state index contributed by atoms with van der Waals surface area (Å²) in [5.74, 6) is 2.36. The molecule has 0 aliphatic rings. The van der Waals surface area contributed by atoms with E-state index in [1.807, 2.05) is 18.2 Å². The van der Waals surface area contributed by atoms with Crippen molar-refractivity contribution >= 4 is 11.6 Å². The predicted molar refractivity (Wildman–Crippen MR) is 65.6 cm³/mol. The highest BCUT2D eigenvalue weighted by atomic mass is 16.3. The molecular formula is C11H15N5O. The molecule has 0 unspecified atom stereocenters. The highest BCUT2D eigenvalue weighted by molar-refractivity contribution is 5.46. The number of nitrogens with two attached hydrogens (primary N) is 1. The van der Waals surface area contributed by atoms with Crippen LogP contribution in [-0.4, -0.2) is 23.1 Å². The van der Waals surface area contributed by atoms with E-state index in [4.69, 9.17) is 10.2 Å². The summed E-state index contributed by atoms with van der Waals surface area (Å²) in [6, 6.07) is 5.59. The minimum Gasteiger partial charge on any atom is -0.467 e. The van der Waals surface area contributed by atoms with Gasteiger partial charge in [0.2, 0.25) is 0 Å². The van der Waals surface area contributed by atoms with Gasteiger partial charge in [-0.2, -0.15) is 0 Å². The van der Waals surface area contributed by atoms with Gasteiger partial charge in [-0.25, -0.2) is 9.97 Å². The predicted octanol–water partition coefficient (Wildman–Crippen LogP) is 1.05. The Morgan fingerprint density at radius 1 is 1.24 bits per heavy atom. The first-order chi connectivity index (χ1) is 8.38. The molecule has 0 saturated heterocycles. The average Bonchev–Trinajstić information content (AvgIpc) is 2.87. The Morgan fingerprint density at radius 2 is 2.06 bits per heavy atom. The van der Waals surface area contributed by atoms with E-state index in [1.165, 1.54) is 6.33 Å². The normalized spacial score (nSPS) is 10.2. The van der Waals surface area contributed by atoms with Gasteiger partial charge < -0.3 is 20.8 Å². The molecule has 0 fully saturated rings. The number of rotatable bonds is 6. The highest BCUT2D eigenvalue weighted by Crippen LogP contribution is 2.10. The Bertz CT molecular complexity index is 443. The van der Waals surface area contributed by atoms with Crippen molar-refractivity contribution in [1.82, 2.24) is 9.97 Å². The van der Waals surface area contributed by atoms with Gasteiger partial charge in [-0.3, -0.25) is 0 Å². The fraction of sp³-hybridized carbons (Fsp3) is 0.273. The molecule has 6 heteroatoms. The number of anilines is 2. The zero-order valence-electron chi connectivity index (χ0n) is 9.39. The summed E-state index contributed by atoms with van der Waals surface area (Å²) < 4.78 is 5.21. The maximum Gasteiger partial charge on any atom is 0.131 e. The monoisotopic (exact) mass is 233 g/mol. The van der Waals surface area contributed by atoms with Crippen LogP contribution in [0.5, 0.6) is 0 Å². The molecule has 0 radical (unpaired) electrons. The quantitative estimate of drug-likeness (QED) is 0.691. The first-order valence-corrected chi connectivity index (χ1v) is 5.41. The summed E-state index contributed by atoms with van der Waals surface area (Å²) in [5, 5.41) is 6.24. The molecular weight excluding hydrogens is 218 g/mol. The van der Waals surface area contributed by atoms with Gasteiger partial charge in [0.15, 0.2) is 0 Å². The molecule has 0 aromatic carbocycles. The van der Waals surface area contributed by atoms with E-state index < -0.39 is 0 Å². The smallest absolute Gasteiger partial charge is 0.131 e. The van der Waals surface area contributed by atoms with Crippen LogP contribution in [0.15, 0.2) is 35.2 Å². The van der Waals surface area contributed by atoms with Crippen molar-refractivity contribution in [2.24, 2.45) is 5.73 Å². The Labute approximate surface area is 99.3 Å². The molecule has 4 N–H and O–H groups in total. The summed E-state index contributed by atoms with van der Waals surface area (Å²) in [7, 11) is 0. The zero-order valence-corrected chi connectivity index (χ0v) is 9.39. The summed E-state index contributed by atoms with van der Waals surface area (Å²) in [6.07, 6.45) is 3.15. The van der Waals surface area contributed by atoms with Crippen LogP contribution in [0.1, 0.15) is 5.76 Å². The molecule has 0 amide bonds. The molecule has 6 nitrogen and oxygen atoms in total. The van der Waals surface area contributed by atoms with Crippen molar-refractivity contribution in [3.63, 3.8) is 0 Å². The number of furan rings is 1. The van der Waals surface area contributed by atoms with Gasteiger partial charge in [0.1, 0.15) is 23.7 Å². The molecule has 0 aliphatic heterocycles. The Morgan fingerprint density at radius 3 is 2.76 bits per heavy atom. The van der Waals surface area contributed by atoms with Gasteiger partial charge in [-0.15, -0.1) is 0 Å². The van der Waals surface area contributed by atoms with Gasteiger partial charge in [0.05, 0.1) is 12.8 Å². The zero-order chi connectivity index (χ0) is 11.9. The third-order valence-electron chi connectivity index (χ3n) is 2.14. The van der Waals surface area contributed by atoms with Crippen LogP contribution in [-0.2, 0) is 6.54 Å². The number of nitrogens with zero attached hydrogens (tertiary/aromatic N) is 2. The van der Waals surface area contributed by atoms with Crippen molar-refractivity contribution in [1.29, 1.82) is 0 Å². The van der Waals surface area contributed by atoms with Crippen LogP contribution in [0.25, 0.3) is 0 Å². The first-order valence-electron chi connectivity index (χ1n) is 5.41. The van der Waals surface area contributed by atoms with Gasteiger partial charge in [0.25, 0.3) is 0 Å². The second-order valence-electron chi connectivity index (χ2n) is 3.44. The number of nitrogens with one attached hydrogen (secondary N) is 2. The van der Waals surface area contributed by atoms with Crippen LogP contribution in [0.2, 0.25) is 0 Å². The molecule has 2 rings (SSSR count). The lowest BCUT2D eigenvalue weighted by molar-refractivity contribution is 0.518. The summed E-state index contributed by atoms with van der Waals surface area (Å²) in [4.78, 5) is 8.19. The highest BCUT2D eigenvalue weighted by Gasteiger charge is 1.99. The molecule has 0 spiro atoms. The van der Waals surface area contributed by atoms with Crippen LogP contribution in [0, 0.1) is 0 Å². The fourth-order valence-electron chi connectivity index (χ4n) is 1.34. The van der Waals surface area contributed by atoms with Crippen LogP contribution in [0.4, 0.5) is 11.6 Å². The molecule has 0 bridgehead atoms. The number of aromatic nitrogens is 2. The van der Waals surface area contributed by atoms with Gasteiger partial charge in [-0.05, 0) is 12.1 Å². The maximum atomic E-state index is 5.40. The molecule has 0 saturated carbocycles. The van der Waals surface area contributed by atoms with Crippen molar-refractivity contribution in [2.45, 2.75) is 6.54 Å². The lowest BCUT2D eigenvalue weighted by Crippen LogP contribution is -2.14. The Kier molecular flexibility index (Phi) is 3.93. The summed E-state index contributed by atoms with van der Waals surface area (Å²) in [6.45, 7) is 1.86. The molecule has 2 aromatic heterocycles. The fourth-order valence-corrected chi connectivity index (χ4v) is 1.34. The molecule has 0 aliphatic carbocycles. The second-order valence-corrected chi connectivity index (χ2v) is 3.44.